The number of halogens is 1. The Morgan fingerprint density at radius 2 is 2.25 bits per heavy atom. The molecule has 1 aromatic carbocycles. The number of benzene rings is 1. The molecule has 0 aromatic heterocycles. The molecule has 1 rings (SSSR count). The molecule has 0 atom stereocenters. The molecule has 0 saturated heterocycles. The van der Waals surface area contributed by atoms with Gasteiger partial charge in [-0.05, 0) is 24.6 Å². The zero-order valence-electron chi connectivity index (χ0n) is 9.23. The van der Waals surface area contributed by atoms with Crippen molar-refractivity contribution in [2.45, 2.75) is 6.92 Å². The molecule has 0 spiro atoms. The minimum Gasteiger partial charge on any atom is -0.492 e. The minimum atomic E-state index is -0.164. The van der Waals surface area contributed by atoms with Gasteiger partial charge < -0.3 is 15.8 Å². The summed E-state index contributed by atoms with van der Waals surface area (Å²) < 4.78 is 5.43. The first kappa shape index (κ1) is 14.7. The first-order valence-electron chi connectivity index (χ1n) is 4.88. The summed E-state index contributed by atoms with van der Waals surface area (Å²) >= 11 is 0. The van der Waals surface area contributed by atoms with Crippen molar-refractivity contribution in [1.29, 1.82) is 0 Å². The number of carbonyl (C=O) groups is 1. The van der Waals surface area contributed by atoms with Gasteiger partial charge in [-0.15, -0.1) is 12.4 Å². The molecule has 16 heavy (non-hydrogen) atoms. The largest absolute Gasteiger partial charge is 0.492 e. The van der Waals surface area contributed by atoms with Crippen molar-refractivity contribution in [3.8, 4) is 5.75 Å². The molecule has 1 amide bonds. The van der Waals surface area contributed by atoms with E-state index in [2.05, 4.69) is 5.32 Å². The first-order chi connectivity index (χ1) is 7.22. The number of rotatable bonds is 5. The summed E-state index contributed by atoms with van der Waals surface area (Å²) in [6, 6.07) is 7.77. The third kappa shape index (κ3) is 5.58. The lowest BCUT2D eigenvalue weighted by Gasteiger charge is -2.07. The van der Waals surface area contributed by atoms with Crippen LogP contribution in [0, 0.1) is 6.92 Å². The Labute approximate surface area is 102 Å². The van der Waals surface area contributed by atoms with E-state index >= 15 is 0 Å². The topological polar surface area (TPSA) is 64.3 Å². The average Bonchev–Trinajstić information content (AvgIpc) is 2.24. The Kier molecular flexibility index (Phi) is 7.33. The van der Waals surface area contributed by atoms with E-state index in [0.717, 1.165) is 11.3 Å². The lowest BCUT2D eigenvalue weighted by Crippen LogP contribution is -2.33. The van der Waals surface area contributed by atoms with E-state index in [4.69, 9.17) is 10.5 Å². The van der Waals surface area contributed by atoms with E-state index in [9.17, 15) is 4.79 Å². The summed E-state index contributed by atoms with van der Waals surface area (Å²) in [4.78, 5) is 10.8. The van der Waals surface area contributed by atoms with Crippen LogP contribution in [0.4, 0.5) is 0 Å². The molecule has 0 aliphatic rings. The maximum Gasteiger partial charge on any atom is 0.233 e. The number of nitrogens with one attached hydrogen (secondary N) is 1. The first-order valence-corrected chi connectivity index (χ1v) is 4.88. The Balaban J connectivity index is 0.00000225. The fraction of sp³-hybridized carbons (Fsp3) is 0.364. The zero-order chi connectivity index (χ0) is 11.1. The van der Waals surface area contributed by atoms with Gasteiger partial charge in [-0.3, -0.25) is 4.79 Å². The fourth-order valence-corrected chi connectivity index (χ4v) is 1.14. The van der Waals surface area contributed by atoms with Crippen LogP contribution in [0.5, 0.6) is 5.75 Å². The van der Waals surface area contributed by atoms with Crippen LogP contribution in [-0.2, 0) is 4.79 Å². The standard InChI is InChI=1S/C11H16N2O2.ClH/c1-9-3-2-4-10(7-9)15-6-5-13-11(14)8-12;/h2-4,7H,5-6,8,12H2,1H3,(H,13,14);1H. The van der Waals surface area contributed by atoms with Crippen molar-refractivity contribution in [3.05, 3.63) is 29.8 Å². The van der Waals surface area contributed by atoms with E-state index in [0.29, 0.717) is 13.2 Å². The van der Waals surface area contributed by atoms with E-state index in [-0.39, 0.29) is 24.9 Å². The number of hydrogen-bond acceptors (Lipinski definition) is 3. The molecule has 5 heteroatoms. The van der Waals surface area contributed by atoms with Crippen molar-refractivity contribution >= 4 is 18.3 Å². The molecule has 0 heterocycles. The van der Waals surface area contributed by atoms with Gasteiger partial charge in [0.15, 0.2) is 0 Å². The Morgan fingerprint density at radius 1 is 1.50 bits per heavy atom. The summed E-state index contributed by atoms with van der Waals surface area (Å²) in [7, 11) is 0. The highest BCUT2D eigenvalue weighted by Gasteiger charge is 1.96. The average molecular weight is 245 g/mol. The smallest absolute Gasteiger partial charge is 0.233 e. The van der Waals surface area contributed by atoms with Gasteiger partial charge in [-0.2, -0.15) is 0 Å². The molecule has 0 aliphatic heterocycles. The van der Waals surface area contributed by atoms with Crippen molar-refractivity contribution in [3.63, 3.8) is 0 Å². The summed E-state index contributed by atoms with van der Waals surface area (Å²) in [6.07, 6.45) is 0. The Hall–Kier alpha value is -1.26. The van der Waals surface area contributed by atoms with Crippen LogP contribution >= 0.6 is 12.4 Å². The molecular formula is C11H17ClN2O2. The van der Waals surface area contributed by atoms with Gasteiger partial charge in [0.2, 0.25) is 5.91 Å². The van der Waals surface area contributed by atoms with Crippen molar-refractivity contribution in [2.24, 2.45) is 5.73 Å². The van der Waals surface area contributed by atoms with Gasteiger partial charge in [0, 0.05) is 0 Å². The van der Waals surface area contributed by atoms with Crippen LogP contribution in [0.15, 0.2) is 24.3 Å². The normalized spacial score (nSPS) is 9.12. The van der Waals surface area contributed by atoms with Gasteiger partial charge >= 0.3 is 0 Å². The molecule has 1 aromatic rings. The van der Waals surface area contributed by atoms with E-state index in [1.807, 2.05) is 31.2 Å². The number of nitrogens with two attached hydrogens (primary N) is 1. The van der Waals surface area contributed by atoms with Crippen LogP contribution in [-0.4, -0.2) is 25.6 Å². The van der Waals surface area contributed by atoms with Crippen LogP contribution in [0.2, 0.25) is 0 Å². The molecule has 0 bridgehead atoms. The highest BCUT2D eigenvalue weighted by molar-refractivity contribution is 5.85. The molecule has 4 nitrogen and oxygen atoms in total. The maximum absolute atomic E-state index is 10.8. The predicted molar refractivity (Wildman–Crippen MR) is 66.0 cm³/mol. The van der Waals surface area contributed by atoms with Crippen LogP contribution in [0.25, 0.3) is 0 Å². The van der Waals surface area contributed by atoms with Crippen LogP contribution in [0.3, 0.4) is 0 Å². The second kappa shape index (κ2) is 7.96. The maximum atomic E-state index is 10.8. The summed E-state index contributed by atoms with van der Waals surface area (Å²) in [5, 5.41) is 2.63. The summed E-state index contributed by atoms with van der Waals surface area (Å²) in [5.74, 6) is 0.653. The lowest BCUT2D eigenvalue weighted by molar-refractivity contribution is -0.119. The Morgan fingerprint density at radius 3 is 2.88 bits per heavy atom. The Bertz CT molecular complexity index is 332. The quantitative estimate of drug-likeness (QED) is 0.756. The molecule has 0 unspecified atom stereocenters. The van der Waals surface area contributed by atoms with Crippen molar-refractivity contribution in [2.75, 3.05) is 19.7 Å². The van der Waals surface area contributed by atoms with Crippen LogP contribution < -0.4 is 15.8 Å². The lowest BCUT2D eigenvalue weighted by atomic mass is 10.2. The fourth-order valence-electron chi connectivity index (χ4n) is 1.14. The van der Waals surface area contributed by atoms with Crippen molar-refractivity contribution in [1.82, 2.24) is 5.32 Å². The number of amides is 1. The van der Waals surface area contributed by atoms with Gasteiger partial charge in [0.25, 0.3) is 0 Å². The van der Waals surface area contributed by atoms with Crippen LogP contribution in [0.1, 0.15) is 5.56 Å². The van der Waals surface area contributed by atoms with Gasteiger partial charge in [-0.25, -0.2) is 0 Å². The summed E-state index contributed by atoms with van der Waals surface area (Å²) in [5.41, 5.74) is 6.28. The van der Waals surface area contributed by atoms with Gasteiger partial charge in [0.1, 0.15) is 12.4 Å². The molecule has 0 fully saturated rings. The second-order valence-electron chi connectivity index (χ2n) is 3.22. The SMILES string of the molecule is Cc1cccc(OCCNC(=O)CN)c1.Cl. The molecule has 90 valence electrons. The number of carbonyl (C=O) groups excluding carboxylic acids is 1. The number of aryl methyl sites for hydroxylation is 1. The highest BCUT2D eigenvalue weighted by atomic mass is 35.5. The van der Waals surface area contributed by atoms with E-state index < -0.39 is 0 Å². The number of ether oxygens (including phenoxy) is 1. The highest BCUT2D eigenvalue weighted by Crippen LogP contribution is 2.11. The zero-order valence-corrected chi connectivity index (χ0v) is 10.0. The third-order valence-electron chi connectivity index (χ3n) is 1.87. The van der Waals surface area contributed by atoms with Crippen molar-refractivity contribution < 1.29 is 9.53 Å². The van der Waals surface area contributed by atoms with E-state index in [1.54, 1.807) is 0 Å². The monoisotopic (exact) mass is 244 g/mol. The van der Waals surface area contributed by atoms with Gasteiger partial charge in [-0.1, -0.05) is 12.1 Å². The van der Waals surface area contributed by atoms with E-state index in [1.165, 1.54) is 0 Å². The molecule has 3 N–H and O–H groups in total. The summed E-state index contributed by atoms with van der Waals surface area (Å²) in [6.45, 7) is 2.95. The predicted octanol–water partition coefficient (Wildman–Crippen LogP) is 0.871. The third-order valence-corrected chi connectivity index (χ3v) is 1.87. The number of hydrogen-bond donors (Lipinski definition) is 2. The second-order valence-corrected chi connectivity index (χ2v) is 3.22. The molecular weight excluding hydrogens is 228 g/mol. The molecule has 0 radical (unpaired) electrons. The molecule has 0 saturated carbocycles. The molecule has 0 aliphatic carbocycles. The van der Waals surface area contributed by atoms with Gasteiger partial charge in [0.05, 0.1) is 13.1 Å². The minimum absolute atomic E-state index is 0.